The number of aromatic nitrogens is 5. The van der Waals surface area contributed by atoms with Gasteiger partial charge in [0.15, 0.2) is 6.29 Å². The van der Waals surface area contributed by atoms with E-state index in [1.807, 2.05) is 67.6 Å². The lowest BCUT2D eigenvalue weighted by atomic mass is 10.2. The lowest BCUT2D eigenvalue weighted by Gasteiger charge is -2.02. The molecule has 0 aliphatic rings. The summed E-state index contributed by atoms with van der Waals surface area (Å²) < 4.78 is 3.42. The molecule has 2 aromatic heterocycles. The second-order valence-corrected chi connectivity index (χ2v) is 5.60. The molecule has 6 nitrogen and oxygen atoms in total. The molecule has 0 saturated carbocycles. The maximum atomic E-state index is 11.5. The summed E-state index contributed by atoms with van der Waals surface area (Å²) >= 11 is 0. The average Bonchev–Trinajstić information content (AvgIpc) is 3.26. The van der Waals surface area contributed by atoms with Crippen LogP contribution in [0.3, 0.4) is 0 Å². The van der Waals surface area contributed by atoms with E-state index in [4.69, 9.17) is 0 Å². The number of nitrogens with zero attached hydrogens (tertiary/aromatic N) is 5. The molecule has 6 heteroatoms. The lowest BCUT2D eigenvalue weighted by molar-refractivity contribution is 0.112. The molecule has 122 valence electrons. The molecule has 0 atom stereocenters. The van der Waals surface area contributed by atoms with E-state index in [2.05, 4.69) is 15.4 Å². The van der Waals surface area contributed by atoms with Gasteiger partial charge in [-0.2, -0.15) is 5.10 Å². The number of para-hydroxylation sites is 2. The van der Waals surface area contributed by atoms with E-state index in [0.29, 0.717) is 17.0 Å². The maximum Gasteiger partial charge on any atom is 0.153 e. The van der Waals surface area contributed by atoms with Gasteiger partial charge in [-0.15, -0.1) is 5.10 Å². The van der Waals surface area contributed by atoms with Gasteiger partial charge in [0.2, 0.25) is 0 Å². The summed E-state index contributed by atoms with van der Waals surface area (Å²) in [6.45, 7) is 1.92. The predicted molar refractivity (Wildman–Crippen MR) is 94.0 cm³/mol. The van der Waals surface area contributed by atoms with Crippen LogP contribution in [-0.2, 0) is 0 Å². The third-order valence-corrected chi connectivity index (χ3v) is 4.01. The van der Waals surface area contributed by atoms with E-state index in [1.165, 1.54) is 0 Å². The van der Waals surface area contributed by atoms with Crippen LogP contribution in [0, 0.1) is 6.92 Å². The van der Waals surface area contributed by atoms with E-state index in [-0.39, 0.29) is 0 Å². The molecule has 25 heavy (non-hydrogen) atoms. The standard InChI is InChI=1S/C19H15N5O/c1-14-18(20-22-24(14)17-10-6-3-7-11-17)19-15(13-25)12-23(21-19)16-8-4-2-5-9-16/h2-13H,1H3. The molecule has 0 aliphatic heterocycles. The first kappa shape index (κ1) is 15.0. The molecule has 4 aromatic rings. The third-order valence-electron chi connectivity index (χ3n) is 4.01. The Morgan fingerprint density at radius 3 is 2.16 bits per heavy atom. The Morgan fingerprint density at radius 1 is 0.880 bits per heavy atom. The highest BCUT2D eigenvalue weighted by atomic mass is 16.1. The van der Waals surface area contributed by atoms with Crippen molar-refractivity contribution in [2.75, 3.05) is 0 Å². The molecule has 2 heterocycles. The number of hydrogen-bond acceptors (Lipinski definition) is 4. The average molecular weight is 329 g/mol. The second kappa shape index (κ2) is 6.16. The predicted octanol–water partition coefficient (Wildman–Crippen LogP) is 3.24. The molecule has 0 unspecified atom stereocenters. The molecule has 0 spiro atoms. The molecule has 4 rings (SSSR count). The number of carbonyl (C=O) groups is 1. The van der Waals surface area contributed by atoms with Crippen molar-refractivity contribution in [2.24, 2.45) is 0 Å². The van der Waals surface area contributed by atoms with Crippen LogP contribution in [0.5, 0.6) is 0 Å². The van der Waals surface area contributed by atoms with Crippen LogP contribution in [0.4, 0.5) is 0 Å². The van der Waals surface area contributed by atoms with Gasteiger partial charge in [0.05, 0.1) is 22.6 Å². The quantitative estimate of drug-likeness (QED) is 0.539. The Labute approximate surface area is 144 Å². The molecule has 0 N–H and O–H groups in total. The molecular weight excluding hydrogens is 314 g/mol. The Hall–Kier alpha value is -3.54. The van der Waals surface area contributed by atoms with E-state index < -0.39 is 0 Å². The van der Waals surface area contributed by atoms with Gasteiger partial charge in [-0.25, -0.2) is 9.36 Å². The van der Waals surface area contributed by atoms with Crippen molar-refractivity contribution < 1.29 is 4.79 Å². The molecule has 0 amide bonds. The van der Waals surface area contributed by atoms with Gasteiger partial charge >= 0.3 is 0 Å². The summed E-state index contributed by atoms with van der Waals surface area (Å²) in [7, 11) is 0. The molecule has 2 aromatic carbocycles. The summed E-state index contributed by atoms with van der Waals surface area (Å²) in [6.07, 6.45) is 2.50. The van der Waals surface area contributed by atoms with Crippen LogP contribution in [-0.4, -0.2) is 31.1 Å². The monoisotopic (exact) mass is 329 g/mol. The molecule has 0 radical (unpaired) electrons. The minimum absolute atomic E-state index is 0.479. The van der Waals surface area contributed by atoms with Gasteiger partial charge < -0.3 is 0 Å². The number of carbonyl (C=O) groups excluding carboxylic acids is 1. The first-order valence-corrected chi connectivity index (χ1v) is 7.86. The fourth-order valence-corrected chi connectivity index (χ4v) is 2.73. The van der Waals surface area contributed by atoms with E-state index in [1.54, 1.807) is 15.6 Å². The Bertz CT molecular complexity index is 1020. The smallest absolute Gasteiger partial charge is 0.153 e. The van der Waals surface area contributed by atoms with Crippen LogP contribution in [0.25, 0.3) is 22.8 Å². The van der Waals surface area contributed by atoms with Gasteiger partial charge in [0, 0.05) is 6.20 Å². The van der Waals surface area contributed by atoms with E-state index in [0.717, 1.165) is 23.4 Å². The van der Waals surface area contributed by atoms with Crippen molar-refractivity contribution in [3.05, 3.63) is 78.1 Å². The Kier molecular flexibility index (Phi) is 3.70. The zero-order chi connectivity index (χ0) is 17.2. The third kappa shape index (κ3) is 2.63. The van der Waals surface area contributed by atoms with Crippen LogP contribution in [0.1, 0.15) is 16.1 Å². The number of benzene rings is 2. The largest absolute Gasteiger partial charge is 0.298 e. The van der Waals surface area contributed by atoms with E-state index in [9.17, 15) is 4.79 Å². The minimum Gasteiger partial charge on any atom is -0.298 e. The van der Waals surface area contributed by atoms with Crippen LogP contribution >= 0.6 is 0 Å². The van der Waals surface area contributed by atoms with Gasteiger partial charge in [0.25, 0.3) is 0 Å². The van der Waals surface area contributed by atoms with Gasteiger partial charge in [0.1, 0.15) is 11.4 Å². The highest BCUT2D eigenvalue weighted by Gasteiger charge is 2.19. The first-order chi connectivity index (χ1) is 12.3. The Balaban J connectivity index is 1.82. The van der Waals surface area contributed by atoms with Gasteiger partial charge in [-0.1, -0.05) is 41.6 Å². The molecule has 0 bridgehead atoms. The van der Waals surface area contributed by atoms with Crippen LogP contribution in [0.15, 0.2) is 66.9 Å². The molecule has 0 saturated heterocycles. The second-order valence-electron chi connectivity index (χ2n) is 5.60. The van der Waals surface area contributed by atoms with Crippen LogP contribution < -0.4 is 0 Å². The normalized spacial score (nSPS) is 10.8. The number of hydrogen-bond donors (Lipinski definition) is 0. The van der Waals surface area contributed by atoms with Gasteiger partial charge in [-0.05, 0) is 31.2 Å². The Morgan fingerprint density at radius 2 is 1.52 bits per heavy atom. The van der Waals surface area contributed by atoms with Crippen molar-refractivity contribution in [2.45, 2.75) is 6.92 Å². The van der Waals surface area contributed by atoms with Crippen LogP contribution in [0.2, 0.25) is 0 Å². The lowest BCUT2D eigenvalue weighted by Crippen LogP contribution is -1.99. The van der Waals surface area contributed by atoms with Crippen molar-refractivity contribution in [1.82, 2.24) is 24.8 Å². The summed E-state index contributed by atoms with van der Waals surface area (Å²) in [5.74, 6) is 0. The summed E-state index contributed by atoms with van der Waals surface area (Å²) in [5, 5.41) is 13.0. The van der Waals surface area contributed by atoms with E-state index >= 15 is 0 Å². The fraction of sp³-hybridized carbons (Fsp3) is 0.0526. The minimum atomic E-state index is 0.479. The fourth-order valence-electron chi connectivity index (χ4n) is 2.73. The number of rotatable bonds is 4. The maximum absolute atomic E-state index is 11.5. The SMILES string of the molecule is Cc1c(-c2nn(-c3ccccc3)cc2C=O)nnn1-c1ccccc1. The molecule has 0 fully saturated rings. The number of aldehydes is 1. The zero-order valence-corrected chi connectivity index (χ0v) is 13.6. The highest BCUT2D eigenvalue weighted by Crippen LogP contribution is 2.25. The summed E-state index contributed by atoms with van der Waals surface area (Å²) in [6, 6.07) is 19.4. The van der Waals surface area contributed by atoms with Crippen molar-refractivity contribution in [1.29, 1.82) is 0 Å². The van der Waals surface area contributed by atoms with Crippen molar-refractivity contribution >= 4 is 6.29 Å². The van der Waals surface area contributed by atoms with Gasteiger partial charge in [-0.3, -0.25) is 4.79 Å². The summed E-state index contributed by atoms with van der Waals surface area (Å²) in [5.41, 5.74) is 4.22. The molecule has 0 aliphatic carbocycles. The van der Waals surface area contributed by atoms with Crippen molar-refractivity contribution in [3.8, 4) is 22.8 Å². The topological polar surface area (TPSA) is 65.6 Å². The zero-order valence-electron chi connectivity index (χ0n) is 13.6. The van der Waals surface area contributed by atoms with Crippen molar-refractivity contribution in [3.63, 3.8) is 0 Å². The summed E-state index contributed by atoms with van der Waals surface area (Å²) in [4.78, 5) is 11.5. The first-order valence-electron chi connectivity index (χ1n) is 7.86. The molecular formula is C19H15N5O. The highest BCUT2D eigenvalue weighted by molar-refractivity contribution is 5.85.